The molecule has 1 saturated carbocycles. The van der Waals surface area contributed by atoms with Crippen LogP contribution in [0.2, 0.25) is 0 Å². The summed E-state index contributed by atoms with van der Waals surface area (Å²) in [5.41, 5.74) is 1.37. The lowest BCUT2D eigenvalue weighted by Crippen LogP contribution is -2.52. The van der Waals surface area contributed by atoms with Crippen LogP contribution in [0.4, 0.5) is 0 Å². The molecule has 0 bridgehead atoms. The van der Waals surface area contributed by atoms with Gasteiger partial charge < -0.3 is 5.11 Å². The van der Waals surface area contributed by atoms with E-state index in [1.807, 2.05) is 6.92 Å². The first-order valence-corrected chi connectivity index (χ1v) is 9.00. The first kappa shape index (κ1) is 18.2. The molecule has 0 heterocycles. The molecule has 3 heteroatoms. The van der Waals surface area contributed by atoms with E-state index in [9.17, 15) is 9.59 Å². The van der Waals surface area contributed by atoms with E-state index in [1.165, 1.54) is 5.57 Å². The minimum absolute atomic E-state index is 0.166. The van der Waals surface area contributed by atoms with Crippen LogP contribution in [0.3, 0.4) is 0 Å². The second kappa shape index (κ2) is 6.41. The zero-order chi connectivity index (χ0) is 17.4. The molecule has 2 rings (SSSR count). The molecule has 2 aliphatic rings. The van der Waals surface area contributed by atoms with Gasteiger partial charge in [0, 0.05) is 18.3 Å². The standard InChI is InChI=1S/C20H32O3/c1-13(12-18(22)23)6-8-15-14(2)7-9-16-19(3,4)17(21)10-11-20(15,16)5/h7,13,15-16H,6,8-12H2,1-5H3,(H,22,23)/t13?,15-,16-,20+/m1/s1. The summed E-state index contributed by atoms with van der Waals surface area (Å²) in [4.78, 5) is 23.3. The van der Waals surface area contributed by atoms with Crippen LogP contribution in [0.25, 0.3) is 0 Å². The van der Waals surface area contributed by atoms with E-state index in [4.69, 9.17) is 5.11 Å². The highest BCUT2D eigenvalue weighted by molar-refractivity contribution is 5.85. The van der Waals surface area contributed by atoms with Crippen molar-refractivity contribution in [1.29, 1.82) is 0 Å². The molecule has 3 nitrogen and oxygen atoms in total. The van der Waals surface area contributed by atoms with Crippen molar-refractivity contribution < 1.29 is 14.7 Å². The Hall–Kier alpha value is -1.12. The highest BCUT2D eigenvalue weighted by Gasteiger charge is 2.54. The molecule has 1 N–H and O–H groups in total. The van der Waals surface area contributed by atoms with E-state index >= 15 is 0 Å². The molecule has 1 unspecified atom stereocenters. The van der Waals surface area contributed by atoms with Gasteiger partial charge in [-0.05, 0) is 55.8 Å². The fraction of sp³-hybridized carbons (Fsp3) is 0.800. The Balaban J connectivity index is 2.18. The molecule has 0 amide bonds. The van der Waals surface area contributed by atoms with Crippen LogP contribution in [0.1, 0.15) is 73.1 Å². The maximum atomic E-state index is 12.4. The third-order valence-electron chi connectivity index (χ3n) is 6.77. The summed E-state index contributed by atoms with van der Waals surface area (Å²) in [6.45, 7) is 10.9. The van der Waals surface area contributed by atoms with Crippen molar-refractivity contribution in [3.8, 4) is 0 Å². The Bertz CT molecular complexity index is 517. The third kappa shape index (κ3) is 3.39. The number of rotatable bonds is 5. The molecule has 0 radical (unpaired) electrons. The number of Topliss-reactive ketones (excluding diaryl/α,β-unsaturated/α-hetero) is 1. The maximum Gasteiger partial charge on any atom is 0.303 e. The lowest BCUT2D eigenvalue weighted by molar-refractivity contribution is -0.143. The minimum Gasteiger partial charge on any atom is -0.481 e. The van der Waals surface area contributed by atoms with E-state index in [2.05, 4.69) is 33.8 Å². The van der Waals surface area contributed by atoms with Crippen molar-refractivity contribution in [2.24, 2.45) is 28.6 Å². The highest BCUT2D eigenvalue weighted by Crippen LogP contribution is 2.59. The summed E-state index contributed by atoms with van der Waals surface area (Å²) in [5, 5.41) is 8.96. The Morgan fingerprint density at radius 3 is 2.65 bits per heavy atom. The molecule has 130 valence electrons. The van der Waals surface area contributed by atoms with Gasteiger partial charge in [0.1, 0.15) is 5.78 Å². The zero-order valence-corrected chi connectivity index (χ0v) is 15.3. The molecule has 1 fully saturated rings. The molecular weight excluding hydrogens is 288 g/mol. The molecule has 23 heavy (non-hydrogen) atoms. The molecule has 4 atom stereocenters. The monoisotopic (exact) mass is 320 g/mol. The second-order valence-electron chi connectivity index (χ2n) is 8.72. The van der Waals surface area contributed by atoms with Gasteiger partial charge in [0.05, 0.1) is 0 Å². The van der Waals surface area contributed by atoms with E-state index in [0.717, 1.165) is 25.7 Å². The molecule has 2 aliphatic carbocycles. The van der Waals surface area contributed by atoms with Crippen LogP contribution in [0, 0.1) is 28.6 Å². The van der Waals surface area contributed by atoms with Crippen molar-refractivity contribution >= 4 is 11.8 Å². The van der Waals surface area contributed by atoms with Crippen LogP contribution < -0.4 is 0 Å². The normalized spacial score (nSPS) is 34.5. The number of fused-ring (bicyclic) bond motifs is 1. The summed E-state index contributed by atoms with van der Waals surface area (Å²) in [6, 6.07) is 0. The van der Waals surface area contributed by atoms with Crippen molar-refractivity contribution in [3.05, 3.63) is 11.6 Å². The van der Waals surface area contributed by atoms with Crippen molar-refractivity contribution in [3.63, 3.8) is 0 Å². The molecule has 0 aromatic heterocycles. The second-order valence-corrected chi connectivity index (χ2v) is 8.72. The van der Waals surface area contributed by atoms with Crippen LogP contribution in [-0.2, 0) is 9.59 Å². The predicted molar refractivity (Wildman–Crippen MR) is 92.1 cm³/mol. The van der Waals surface area contributed by atoms with Crippen LogP contribution in [-0.4, -0.2) is 16.9 Å². The number of aliphatic carboxylic acids is 1. The van der Waals surface area contributed by atoms with Gasteiger partial charge in [0.2, 0.25) is 0 Å². The summed E-state index contributed by atoms with van der Waals surface area (Å²) in [5.74, 6) is 0.792. The molecule has 0 aromatic carbocycles. The fourth-order valence-corrected chi connectivity index (χ4v) is 5.25. The van der Waals surface area contributed by atoms with Crippen LogP contribution in [0.5, 0.6) is 0 Å². The van der Waals surface area contributed by atoms with Gasteiger partial charge in [0.15, 0.2) is 0 Å². The number of ketones is 1. The summed E-state index contributed by atoms with van der Waals surface area (Å²) >= 11 is 0. The first-order chi connectivity index (χ1) is 10.6. The highest BCUT2D eigenvalue weighted by atomic mass is 16.4. The maximum absolute atomic E-state index is 12.4. The van der Waals surface area contributed by atoms with Crippen molar-refractivity contribution in [2.45, 2.75) is 73.1 Å². The van der Waals surface area contributed by atoms with Gasteiger partial charge in [0.25, 0.3) is 0 Å². The molecule has 0 saturated heterocycles. The third-order valence-corrected chi connectivity index (χ3v) is 6.77. The Morgan fingerprint density at radius 1 is 1.39 bits per heavy atom. The van der Waals surface area contributed by atoms with Gasteiger partial charge in [-0.15, -0.1) is 0 Å². The van der Waals surface area contributed by atoms with Crippen molar-refractivity contribution in [2.75, 3.05) is 0 Å². The Labute approximate surface area is 140 Å². The molecule has 0 spiro atoms. The van der Waals surface area contributed by atoms with Gasteiger partial charge >= 0.3 is 5.97 Å². The number of carbonyl (C=O) groups is 2. The van der Waals surface area contributed by atoms with Gasteiger partial charge in [-0.25, -0.2) is 0 Å². The first-order valence-electron chi connectivity index (χ1n) is 9.00. The topological polar surface area (TPSA) is 54.4 Å². The molecule has 0 aromatic rings. The van der Waals surface area contributed by atoms with E-state index in [1.54, 1.807) is 0 Å². The number of allylic oxidation sites excluding steroid dienone is 2. The lowest BCUT2D eigenvalue weighted by atomic mass is 9.48. The summed E-state index contributed by atoms with van der Waals surface area (Å²) in [6.07, 6.45) is 7.23. The number of carbonyl (C=O) groups excluding carboxylic acids is 1. The average molecular weight is 320 g/mol. The van der Waals surface area contributed by atoms with Gasteiger partial charge in [-0.2, -0.15) is 0 Å². The lowest BCUT2D eigenvalue weighted by Gasteiger charge is -2.56. The van der Waals surface area contributed by atoms with Gasteiger partial charge in [-0.1, -0.05) is 39.3 Å². The number of carboxylic acids is 1. The predicted octanol–water partition coefficient (Wildman–Crippen LogP) is 4.86. The summed E-state index contributed by atoms with van der Waals surface area (Å²) < 4.78 is 0. The quantitative estimate of drug-likeness (QED) is 0.736. The fourth-order valence-electron chi connectivity index (χ4n) is 5.25. The average Bonchev–Trinajstić information content (AvgIpc) is 2.42. The van der Waals surface area contributed by atoms with Crippen LogP contribution in [0.15, 0.2) is 11.6 Å². The smallest absolute Gasteiger partial charge is 0.303 e. The molecule has 0 aliphatic heterocycles. The van der Waals surface area contributed by atoms with E-state index in [-0.39, 0.29) is 23.2 Å². The summed E-state index contributed by atoms with van der Waals surface area (Å²) in [7, 11) is 0. The number of hydrogen-bond donors (Lipinski definition) is 1. The molecular formula is C20H32O3. The zero-order valence-electron chi connectivity index (χ0n) is 15.3. The SMILES string of the molecule is CC1=CC[C@@H]2C(C)(C)C(=O)CC[C@@]2(C)[C@@H]1CCC(C)CC(=O)O. The van der Waals surface area contributed by atoms with Gasteiger partial charge in [-0.3, -0.25) is 9.59 Å². The van der Waals surface area contributed by atoms with Crippen LogP contribution >= 0.6 is 0 Å². The van der Waals surface area contributed by atoms with Crippen molar-refractivity contribution in [1.82, 2.24) is 0 Å². The van der Waals surface area contributed by atoms with E-state index in [0.29, 0.717) is 24.0 Å². The number of hydrogen-bond acceptors (Lipinski definition) is 2. The van der Waals surface area contributed by atoms with E-state index < -0.39 is 5.97 Å². The minimum atomic E-state index is -0.707. The number of carboxylic acid groups (broad SMARTS) is 1. The Morgan fingerprint density at radius 2 is 2.04 bits per heavy atom. The Kier molecular flexibility index (Phi) is 5.08. The largest absolute Gasteiger partial charge is 0.481 e.